The molecule has 6 fully saturated rings. The summed E-state index contributed by atoms with van der Waals surface area (Å²) in [6, 6.07) is 0. The molecule has 10 nitrogen and oxygen atoms in total. The van der Waals surface area contributed by atoms with E-state index in [2.05, 4.69) is 6.92 Å². The van der Waals surface area contributed by atoms with E-state index < -0.39 is 69.9 Å². The maximum atomic E-state index is 16.7. The third kappa shape index (κ3) is 4.88. The number of rotatable bonds is 4. The molecule has 0 bridgehead atoms. The Kier molecular flexibility index (Phi) is 9.03. The molecular formula is C42H55FO10. The molecule has 0 aromatic carbocycles. The first-order chi connectivity index (χ1) is 24.7. The fraction of sp³-hybridized carbons (Fsp3) is 0.738. The summed E-state index contributed by atoms with van der Waals surface area (Å²) in [5.41, 5.74) is -6.63. The number of aliphatic hydroxyl groups excluding tert-OH is 3. The van der Waals surface area contributed by atoms with Crippen LogP contribution in [-0.4, -0.2) is 90.6 Å². The molecule has 0 spiro atoms. The fourth-order valence-corrected chi connectivity index (χ4v) is 13.8. The first-order valence-electron chi connectivity index (χ1n) is 19.5. The largest absolute Gasteiger partial charge is 0.390 e. The number of alkyl halides is 1. The van der Waals surface area contributed by atoms with Gasteiger partial charge >= 0.3 is 0 Å². The summed E-state index contributed by atoms with van der Waals surface area (Å²) >= 11 is 0. The van der Waals surface area contributed by atoms with Crippen molar-refractivity contribution in [2.75, 3.05) is 13.2 Å². The molecular weight excluding hydrogens is 683 g/mol. The predicted molar refractivity (Wildman–Crippen MR) is 190 cm³/mol. The zero-order chi connectivity index (χ0) is 38.7. The van der Waals surface area contributed by atoms with E-state index >= 15 is 4.39 Å². The van der Waals surface area contributed by atoms with Gasteiger partial charge in [-0.15, -0.1) is 0 Å². The zero-order valence-electron chi connectivity index (χ0n) is 31.3. The second kappa shape index (κ2) is 12.4. The predicted octanol–water partition coefficient (Wildman–Crippen LogP) is 3.64. The summed E-state index contributed by atoms with van der Waals surface area (Å²) in [7, 11) is 0. The number of hydrogen-bond acceptors (Lipinski definition) is 10. The number of allylic oxidation sites excluding steroid dienone is 5. The van der Waals surface area contributed by atoms with Crippen LogP contribution in [0.3, 0.4) is 0 Å². The van der Waals surface area contributed by atoms with Crippen LogP contribution in [-0.2, 0) is 24.0 Å². The summed E-state index contributed by atoms with van der Waals surface area (Å²) in [5.74, 6) is -1.81. The highest BCUT2D eigenvalue weighted by atomic mass is 19.1. The van der Waals surface area contributed by atoms with E-state index in [1.54, 1.807) is 26.0 Å². The molecule has 0 saturated heterocycles. The molecule has 290 valence electrons. The zero-order valence-corrected chi connectivity index (χ0v) is 31.3. The van der Waals surface area contributed by atoms with Crippen LogP contribution in [0.5, 0.6) is 0 Å². The van der Waals surface area contributed by atoms with Gasteiger partial charge in [0.1, 0.15) is 30.2 Å². The maximum Gasteiger partial charge on any atom is 0.190 e. The van der Waals surface area contributed by atoms with Gasteiger partial charge in [0, 0.05) is 40.9 Å². The van der Waals surface area contributed by atoms with Crippen molar-refractivity contribution >= 4 is 28.9 Å². The minimum atomic E-state index is -1.97. The molecule has 11 heteroatoms. The number of fused-ring (bicyclic) bond motifs is 10. The van der Waals surface area contributed by atoms with Crippen LogP contribution in [0.25, 0.3) is 0 Å². The van der Waals surface area contributed by atoms with Crippen LogP contribution < -0.4 is 0 Å². The highest BCUT2D eigenvalue weighted by Crippen LogP contribution is 2.70. The third-order valence-corrected chi connectivity index (χ3v) is 16.8. The Hall–Kier alpha value is -2.70. The molecule has 6 saturated carbocycles. The highest BCUT2D eigenvalue weighted by molar-refractivity contribution is 6.01. The molecule has 0 aromatic heterocycles. The lowest BCUT2D eigenvalue weighted by Gasteiger charge is -2.62. The molecule has 8 rings (SSSR count). The van der Waals surface area contributed by atoms with Crippen molar-refractivity contribution in [3.8, 4) is 0 Å². The molecule has 0 unspecified atom stereocenters. The van der Waals surface area contributed by atoms with E-state index in [0.29, 0.717) is 50.5 Å². The van der Waals surface area contributed by atoms with Crippen molar-refractivity contribution in [2.45, 2.75) is 128 Å². The van der Waals surface area contributed by atoms with Crippen LogP contribution in [0.1, 0.15) is 105 Å². The Balaban J connectivity index is 0.000000164. The lowest BCUT2D eigenvalue weighted by Crippen LogP contribution is -2.69. The van der Waals surface area contributed by atoms with E-state index in [1.807, 2.05) is 6.92 Å². The summed E-state index contributed by atoms with van der Waals surface area (Å²) in [5, 5.41) is 52.0. The minimum Gasteiger partial charge on any atom is -0.390 e. The van der Waals surface area contributed by atoms with E-state index in [-0.39, 0.29) is 65.7 Å². The van der Waals surface area contributed by atoms with Gasteiger partial charge in [0.15, 0.2) is 28.8 Å². The monoisotopic (exact) mass is 738 g/mol. The van der Waals surface area contributed by atoms with Gasteiger partial charge in [0.2, 0.25) is 0 Å². The van der Waals surface area contributed by atoms with Crippen molar-refractivity contribution < 1.29 is 53.9 Å². The van der Waals surface area contributed by atoms with Gasteiger partial charge in [0.05, 0.1) is 6.10 Å². The summed E-state index contributed by atoms with van der Waals surface area (Å²) in [4.78, 5) is 61.7. The Bertz CT molecular complexity index is 1750. The second-order valence-electron chi connectivity index (χ2n) is 18.6. The summed E-state index contributed by atoms with van der Waals surface area (Å²) in [6.45, 7) is 6.02. The smallest absolute Gasteiger partial charge is 0.190 e. The normalized spacial score (nSPS) is 49.5. The summed E-state index contributed by atoms with van der Waals surface area (Å²) in [6.07, 6.45) is 10.5. The van der Waals surface area contributed by atoms with Gasteiger partial charge in [0.25, 0.3) is 0 Å². The first-order valence-corrected chi connectivity index (χ1v) is 19.5. The molecule has 0 aliphatic heterocycles. The molecule has 0 heterocycles. The molecule has 5 N–H and O–H groups in total. The molecule has 8 aliphatic carbocycles. The van der Waals surface area contributed by atoms with Gasteiger partial charge < -0.3 is 25.5 Å². The Morgan fingerprint density at radius 3 is 2.02 bits per heavy atom. The molecule has 8 aliphatic rings. The molecule has 53 heavy (non-hydrogen) atoms. The maximum absolute atomic E-state index is 16.7. The van der Waals surface area contributed by atoms with E-state index in [4.69, 9.17) is 0 Å². The van der Waals surface area contributed by atoms with Crippen molar-refractivity contribution in [1.29, 1.82) is 0 Å². The standard InChI is InChI=1S/C21H27FO5.C21H28O5/c1-18-7-5-13(24)9-12(18)3-4-15-14-6-8-20(27,17(26)11-23)19(14,2)10-16(25)21(15,18)22;1-19-7-5-13(23)9-12(19)3-4-14-15-6-8-21(26,17(25)11-22)20(15,2)10-16(24)18(14)19/h5,7,9,14-16,23,25,27H,3-4,6,8,10-11H2,1-2H3;9,14-15,18,22,26H,3-8,10-11H2,1-2H3/t14-,15-,16-,18-,19-,20-,21-;14-,15-,18+,19-,20-,21-/m00/s1. The number of Topliss-reactive ketones (excluding diaryl/α,β-unsaturated/α-hetero) is 3. The van der Waals surface area contributed by atoms with Crippen molar-refractivity contribution in [3.63, 3.8) is 0 Å². The number of hydrogen-bond donors (Lipinski definition) is 5. The number of carbonyl (C=O) groups excluding carboxylic acids is 5. The van der Waals surface area contributed by atoms with E-state index in [1.165, 1.54) is 12.2 Å². The van der Waals surface area contributed by atoms with Gasteiger partial charge in [-0.25, -0.2) is 4.39 Å². The molecule has 0 radical (unpaired) electrons. The summed E-state index contributed by atoms with van der Waals surface area (Å²) < 4.78 is 16.7. The van der Waals surface area contributed by atoms with Gasteiger partial charge in [-0.1, -0.05) is 38.0 Å². The molecule has 0 amide bonds. The van der Waals surface area contributed by atoms with Crippen molar-refractivity contribution in [3.05, 3.63) is 35.5 Å². The van der Waals surface area contributed by atoms with E-state index in [9.17, 15) is 49.5 Å². The number of carbonyl (C=O) groups is 5. The average Bonchev–Trinajstić information content (AvgIpc) is 3.54. The first kappa shape index (κ1) is 38.6. The van der Waals surface area contributed by atoms with Gasteiger partial charge in [-0.05, 0) is 113 Å². The van der Waals surface area contributed by atoms with Gasteiger partial charge in [-0.2, -0.15) is 0 Å². The third-order valence-electron chi connectivity index (χ3n) is 16.8. The van der Waals surface area contributed by atoms with E-state index in [0.717, 1.165) is 18.4 Å². The number of halogens is 1. The fourth-order valence-electron chi connectivity index (χ4n) is 13.8. The average molecular weight is 739 g/mol. The molecule has 13 atom stereocenters. The number of aliphatic hydroxyl groups is 5. The number of ketones is 5. The quantitative estimate of drug-likeness (QED) is 0.285. The topological polar surface area (TPSA) is 186 Å². The Morgan fingerprint density at radius 1 is 0.774 bits per heavy atom. The minimum absolute atomic E-state index is 0.0580. The van der Waals surface area contributed by atoms with Crippen molar-refractivity contribution in [1.82, 2.24) is 0 Å². The Morgan fingerprint density at radius 2 is 1.38 bits per heavy atom. The molecule has 0 aromatic rings. The van der Waals surface area contributed by atoms with Crippen LogP contribution in [0.15, 0.2) is 35.5 Å². The second-order valence-corrected chi connectivity index (χ2v) is 18.6. The highest BCUT2D eigenvalue weighted by Gasteiger charge is 2.74. The van der Waals surface area contributed by atoms with Crippen LogP contribution >= 0.6 is 0 Å². The SMILES string of the molecule is C[C@]12C=CC(=O)C=C1CC[C@H]1[C@@H]3CC[C@](O)(C(=O)CO)[C@@]3(C)C[C@H](O)[C@@]12F.C[C@]12CCC(=O)C=C1CC[C@@H]1[C@@H]2C(=O)C[C@@]2(C)[C@H]1CC[C@]2(O)C(=O)CO. The van der Waals surface area contributed by atoms with Crippen molar-refractivity contribution in [2.24, 2.45) is 51.2 Å². The van der Waals surface area contributed by atoms with Gasteiger partial charge in [-0.3, -0.25) is 24.0 Å². The van der Waals surface area contributed by atoms with Crippen LogP contribution in [0, 0.1) is 51.2 Å². The van der Waals surface area contributed by atoms with Crippen LogP contribution in [0.4, 0.5) is 4.39 Å². The van der Waals surface area contributed by atoms with Crippen LogP contribution in [0.2, 0.25) is 0 Å². The lowest BCUT2D eigenvalue weighted by molar-refractivity contribution is -0.217. The lowest BCUT2D eigenvalue weighted by atomic mass is 9.44. The Labute approximate surface area is 310 Å².